The van der Waals surface area contributed by atoms with E-state index in [1.165, 1.54) is 0 Å². The van der Waals surface area contributed by atoms with E-state index < -0.39 is 0 Å². The Morgan fingerprint density at radius 2 is 2.05 bits per heavy atom. The first-order chi connectivity index (χ1) is 10.3. The number of nitrogens with one attached hydrogen (secondary N) is 2. The largest absolute Gasteiger partial charge is 0.382 e. The Labute approximate surface area is 124 Å². The van der Waals surface area contributed by atoms with Crippen LogP contribution in [0.4, 0.5) is 0 Å². The average Bonchev–Trinajstić information content (AvgIpc) is 2.94. The lowest BCUT2D eigenvalue weighted by atomic mass is 10.2. The molecule has 114 valence electrons. The van der Waals surface area contributed by atoms with Gasteiger partial charge in [-0.15, -0.1) is 0 Å². The second-order valence-corrected chi connectivity index (χ2v) is 4.84. The van der Waals surface area contributed by atoms with Crippen LogP contribution in [0.5, 0.6) is 0 Å². The molecule has 1 aromatic carbocycles. The van der Waals surface area contributed by atoms with E-state index in [-0.39, 0.29) is 5.91 Å². The maximum absolute atomic E-state index is 12.0. The number of fused-ring (bicyclic) bond motifs is 1. The van der Waals surface area contributed by atoms with Gasteiger partial charge in [-0.25, -0.2) is 0 Å². The fraction of sp³-hybridized carbons (Fsp3) is 0.438. The first-order valence-corrected chi connectivity index (χ1v) is 7.24. The van der Waals surface area contributed by atoms with E-state index >= 15 is 0 Å². The molecular weight excluding hydrogens is 268 g/mol. The number of hydrogen-bond acceptors (Lipinski definition) is 3. The van der Waals surface area contributed by atoms with Gasteiger partial charge in [-0.3, -0.25) is 4.79 Å². The summed E-state index contributed by atoms with van der Waals surface area (Å²) < 4.78 is 10.3. The van der Waals surface area contributed by atoms with Gasteiger partial charge in [0.1, 0.15) is 5.69 Å². The van der Waals surface area contributed by atoms with Gasteiger partial charge < -0.3 is 19.8 Å². The topological polar surface area (TPSA) is 63.4 Å². The van der Waals surface area contributed by atoms with Crippen molar-refractivity contribution in [1.82, 2.24) is 10.3 Å². The van der Waals surface area contributed by atoms with Crippen molar-refractivity contribution in [2.24, 2.45) is 0 Å². The Morgan fingerprint density at radius 3 is 2.86 bits per heavy atom. The maximum atomic E-state index is 12.0. The number of H-pyrrole nitrogens is 1. The highest BCUT2D eigenvalue weighted by Crippen LogP contribution is 2.14. The van der Waals surface area contributed by atoms with Crippen LogP contribution < -0.4 is 5.32 Å². The van der Waals surface area contributed by atoms with Crippen molar-refractivity contribution in [2.45, 2.75) is 12.8 Å². The smallest absolute Gasteiger partial charge is 0.267 e. The number of aromatic amines is 1. The molecule has 2 rings (SSSR count). The highest BCUT2D eigenvalue weighted by Gasteiger charge is 2.08. The van der Waals surface area contributed by atoms with Crippen LogP contribution in [0.3, 0.4) is 0 Å². The fourth-order valence-corrected chi connectivity index (χ4v) is 2.07. The number of ether oxygens (including phenoxy) is 2. The lowest BCUT2D eigenvalue weighted by Crippen LogP contribution is -2.24. The molecule has 1 aromatic heterocycles. The first kappa shape index (κ1) is 15.5. The summed E-state index contributed by atoms with van der Waals surface area (Å²) in [6, 6.07) is 9.73. The van der Waals surface area contributed by atoms with Gasteiger partial charge in [0.15, 0.2) is 0 Å². The van der Waals surface area contributed by atoms with E-state index in [1.54, 1.807) is 7.11 Å². The molecule has 0 atom stereocenters. The van der Waals surface area contributed by atoms with E-state index in [1.807, 2.05) is 30.3 Å². The summed E-state index contributed by atoms with van der Waals surface area (Å²) in [5.74, 6) is -0.0634. The van der Waals surface area contributed by atoms with Gasteiger partial charge in [0, 0.05) is 31.2 Å². The van der Waals surface area contributed by atoms with Gasteiger partial charge in [0.2, 0.25) is 0 Å². The summed E-state index contributed by atoms with van der Waals surface area (Å²) in [4.78, 5) is 15.1. The Bertz CT molecular complexity index is 532. The number of benzene rings is 1. The average molecular weight is 290 g/mol. The minimum absolute atomic E-state index is 0.0634. The van der Waals surface area contributed by atoms with E-state index in [4.69, 9.17) is 9.47 Å². The van der Waals surface area contributed by atoms with Gasteiger partial charge in [-0.1, -0.05) is 18.2 Å². The standard InChI is InChI=1S/C16H22N2O3/c1-20-10-11-21-9-5-4-8-17-16(19)15-12-13-6-2-3-7-14(13)18-15/h2-3,6-7,12,18H,4-5,8-11H2,1H3,(H,17,19). The molecule has 1 amide bonds. The van der Waals surface area contributed by atoms with Crippen LogP contribution in [0.1, 0.15) is 23.3 Å². The van der Waals surface area contributed by atoms with E-state index in [9.17, 15) is 4.79 Å². The zero-order valence-electron chi connectivity index (χ0n) is 12.4. The highest BCUT2D eigenvalue weighted by molar-refractivity contribution is 5.97. The summed E-state index contributed by atoms with van der Waals surface area (Å²) in [6.45, 7) is 2.60. The van der Waals surface area contributed by atoms with Crippen LogP contribution in [0, 0.1) is 0 Å². The molecule has 2 N–H and O–H groups in total. The lowest BCUT2D eigenvalue weighted by molar-refractivity contribution is 0.0686. The number of para-hydroxylation sites is 1. The molecule has 0 saturated carbocycles. The zero-order chi connectivity index (χ0) is 14.9. The number of carbonyl (C=O) groups excluding carboxylic acids is 1. The Kier molecular flexibility index (Phi) is 6.24. The number of methoxy groups -OCH3 is 1. The lowest BCUT2D eigenvalue weighted by Gasteiger charge is -2.05. The molecule has 21 heavy (non-hydrogen) atoms. The molecule has 0 unspecified atom stereocenters. The van der Waals surface area contributed by atoms with Crippen molar-refractivity contribution in [3.05, 3.63) is 36.0 Å². The predicted octanol–water partition coefficient (Wildman–Crippen LogP) is 2.34. The van der Waals surface area contributed by atoms with Crippen molar-refractivity contribution < 1.29 is 14.3 Å². The molecule has 5 heteroatoms. The number of hydrogen-bond donors (Lipinski definition) is 2. The van der Waals surface area contributed by atoms with E-state index in [0.29, 0.717) is 32.1 Å². The number of carbonyl (C=O) groups is 1. The molecule has 1 heterocycles. The summed E-state index contributed by atoms with van der Waals surface area (Å²) in [7, 11) is 1.66. The van der Waals surface area contributed by atoms with Crippen molar-refractivity contribution in [1.29, 1.82) is 0 Å². The maximum Gasteiger partial charge on any atom is 0.267 e. The third-order valence-corrected chi connectivity index (χ3v) is 3.21. The molecule has 0 spiro atoms. The van der Waals surface area contributed by atoms with E-state index in [0.717, 1.165) is 23.7 Å². The van der Waals surface area contributed by atoms with Crippen LogP contribution >= 0.6 is 0 Å². The van der Waals surface area contributed by atoms with Gasteiger partial charge in [0.05, 0.1) is 13.2 Å². The zero-order valence-corrected chi connectivity index (χ0v) is 12.4. The third-order valence-electron chi connectivity index (χ3n) is 3.21. The van der Waals surface area contributed by atoms with Crippen molar-refractivity contribution in [3.63, 3.8) is 0 Å². The van der Waals surface area contributed by atoms with Crippen molar-refractivity contribution in [3.8, 4) is 0 Å². The molecule has 5 nitrogen and oxygen atoms in total. The minimum atomic E-state index is -0.0634. The van der Waals surface area contributed by atoms with E-state index in [2.05, 4.69) is 10.3 Å². The first-order valence-electron chi connectivity index (χ1n) is 7.24. The number of rotatable bonds is 9. The van der Waals surface area contributed by atoms with Crippen LogP contribution in [0.15, 0.2) is 30.3 Å². The Hall–Kier alpha value is -1.85. The number of amides is 1. The van der Waals surface area contributed by atoms with Gasteiger partial charge in [-0.05, 0) is 25.0 Å². The number of unbranched alkanes of at least 4 members (excludes halogenated alkanes) is 1. The second-order valence-electron chi connectivity index (χ2n) is 4.84. The monoisotopic (exact) mass is 290 g/mol. The fourth-order valence-electron chi connectivity index (χ4n) is 2.07. The highest BCUT2D eigenvalue weighted by atomic mass is 16.5. The Morgan fingerprint density at radius 1 is 1.19 bits per heavy atom. The SMILES string of the molecule is COCCOCCCCNC(=O)c1cc2ccccc2[nH]1. The van der Waals surface area contributed by atoms with Crippen molar-refractivity contribution >= 4 is 16.8 Å². The molecule has 0 saturated heterocycles. The molecular formula is C16H22N2O3. The van der Waals surface area contributed by atoms with Crippen LogP contribution in [-0.2, 0) is 9.47 Å². The quantitative estimate of drug-likeness (QED) is 0.697. The van der Waals surface area contributed by atoms with Gasteiger partial charge in [0.25, 0.3) is 5.91 Å². The normalized spacial score (nSPS) is 10.9. The van der Waals surface area contributed by atoms with Crippen LogP contribution in [0.2, 0.25) is 0 Å². The molecule has 0 aliphatic heterocycles. The summed E-state index contributed by atoms with van der Waals surface area (Å²) >= 11 is 0. The van der Waals surface area contributed by atoms with Crippen molar-refractivity contribution in [2.75, 3.05) is 33.5 Å². The summed E-state index contributed by atoms with van der Waals surface area (Å²) in [5, 5.41) is 3.96. The molecule has 0 aliphatic rings. The molecule has 0 fully saturated rings. The van der Waals surface area contributed by atoms with Crippen LogP contribution in [0.25, 0.3) is 10.9 Å². The molecule has 2 aromatic rings. The second kappa shape index (κ2) is 8.44. The third kappa shape index (κ3) is 4.88. The van der Waals surface area contributed by atoms with Gasteiger partial charge >= 0.3 is 0 Å². The molecule has 0 aliphatic carbocycles. The number of aromatic nitrogens is 1. The predicted molar refractivity (Wildman–Crippen MR) is 82.6 cm³/mol. The Balaban J connectivity index is 1.65. The summed E-state index contributed by atoms with van der Waals surface area (Å²) in [6.07, 6.45) is 1.83. The molecule has 0 radical (unpaired) electrons. The minimum Gasteiger partial charge on any atom is -0.382 e. The summed E-state index contributed by atoms with van der Waals surface area (Å²) in [5.41, 5.74) is 1.58. The van der Waals surface area contributed by atoms with Crippen LogP contribution in [-0.4, -0.2) is 44.4 Å². The molecule has 0 bridgehead atoms. The van der Waals surface area contributed by atoms with Gasteiger partial charge in [-0.2, -0.15) is 0 Å².